The molecular formula is C15H19N3O3S2. The molecule has 1 unspecified atom stereocenters. The Morgan fingerprint density at radius 1 is 1.48 bits per heavy atom. The van der Waals surface area contributed by atoms with Crippen LogP contribution < -0.4 is 10.0 Å². The van der Waals surface area contributed by atoms with Crippen LogP contribution in [0.4, 0.5) is 0 Å². The summed E-state index contributed by atoms with van der Waals surface area (Å²) < 4.78 is 26.6. The van der Waals surface area contributed by atoms with E-state index in [0.717, 1.165) is 5.75 Å². The molecule has 1 heterocycles. The number of hydrogen-bond donors (Lipinski definition) is 2. The van der Waals surface area contributed by atoms with Gasteiger partial charge in [0.1, 0.15) is 11.9 Å². The van der Waals surface area contributed by atoms with Gasteiger partial charge in [-0.2, -0.15) is 11.8 Å². The van der Waals surface area contributed by atoms with Crippen molar-refractivity contribution in [3.05, 3.63) is 42.5 Å². The number of amidine groups is 1. The molecule has 0 saturated carbocycles. The fourth-order valence-corrected chi connectivity index (χ4v) is 3.86. The monoisotopic (exact) mass is 353 g/mol. The lowest BCUT2D eigenvalue weighted by Gasteiger charge is -2.13. The average Bonchev–Trinajstić information content (AvgIpc) is 2.80. The predicted molar refractivity (Wildman–Crippen MR) is 93.3 cm³/mol. The number of carbonyl (C=O) groups is 1. The van der Waals surface area contributed by atoms with Gasteiger partial charge in [-0.25, -0.2) is 8.42 Å². The number of sulfonamides is 1. The second-order valence-corrected chi connectivity index (χ2v) is 7.55. The topological polar surface area (TPSA) is 87.6 Å². The number of aliphatic imine (C=N–C) groups is 1. The summed E-state index contributed by atoms with van der Waals surface area (Å²) in [5, 5.41) is 2.71. The van der Waals surface area contributed by atoms with Crippen molar-refractivity contribution in [1.82, 2.24) is 10.0 Å². The van der Waals surface area contributed by atoms with Gasteiger partial charge >= 0.3 is 0 Å². The molecular weight excluding hydrogens is 334 g/mol. The van der Waals surface area contributed by atoms with E-state index in [1.165, 1.54) is 6.07 Å². The summed E-state index contributed by atoms with van der Waals surface area (Å²) in [5.74, 6) is 0.729. The Morgan fingerprint density at radius 2 is 2.22 bits per heavy atom. The fraction of sp³-hybridized carbons (Fsp3) is 0.333. The SMILES string of the molecule is C=CCNC(=O)C(CCSC)N=C1NS(=O)(=O)c2ccccc21. The smallest absolute Gasteiger partial charge is 0.263 e. The second-order valence-electron chi connectivity index (χ2n) is 4.91. The molecule has 0 aromatic heterocycles. The number of rotatable bonds is 7. The number of nitrogens with one attached hydrogen (secondary N) is 2. The van der Waals surface area contributed by atoms with E-state index < -0.39 is 16.1 Å². The van der Waals surface area contributed by atoms with Crippen LogP contribution in [0.25, 0.3) is 0 Å². The van der Waals surface area contributed by atoms with Crippen LogP contribution in [0.1, 0.15) is 12.0 Å². The molecule has 1 aromatic carbocycles. The van der Waals surface area contributed by atoms with Crippen molar-refractivity contribution in [2.45, 2.75) is 17.4 Å². The molecule has 0 saturated heterocycles. The molecule has 0 radical (unpaired) electrons. The lowest BCUT2D eigenvalue weighted by molar-refractivity contribution is -0.122. The Hall–Kier alpha value is -1.80. The lowest BCUT2D eigenvalue weighted by atomic mass is 10.2. The molecule has 0 bridgehead atoms. The van der Waals surface area contributed by atoms with E-state index in [1.54, 1.807) is 36.0 Å². The van der Waals surface area contributed by atoms with Gasteiger partial charge in [-0.1, -0.05) is 18.2 Å². The molecule has 2 rings (SSSR count). The normalized spacial score (nSPS) is 18.0. The molecule has 0 fully saturated rings. The van der Waals surface area contributed by atoms with Crippen molar-refractivity contribution < 1.29 is 13.2 Å². The van der Waals surface area contributed by atoms with E-state index in [0.29, 0.717) is 18.5 Å². The van der Waals surface area contributed by atoms with Crippen LogP contribution in [0.2, 0.25) is 0 Å². The first-order valence-corrected chi connectivity index (χ1v) is 9.95. The maximum absolute atomic E-state index is 12.2. The van der Waals surface area contributed by atoms with Crippen molar-refractivity contribution in [3.63, 3.8) is 0 Å². The molecule has 2 N–H and O–H groups in total. The fourth-order valence-electron chi connectivity index (χ4n) is 2.16. The first-order valence-electron chi connectivity index (χ1n) is 7.07. The molecule has 0 spiro atoms. The van der Waals surface area contributed by atoms with Gasteiger partial charge in [0.2, 0.25) is 5.91 Å². The summed E-state index contributed by atoms with van der Waals surface area (Å²) in [5.41, 5.74) is 0.498. The van der Waals surface area contributed by atoms with Gasteiger partial charge in [-0.05, 0) is 30.6 Å². The Balaban J connectivity index is 2.32. The van der Waals surface area contributed by atoms with Crippen molar-refractivity contribution >= 4 is 33.5 Å². The molecule has 124 valence electrons. The largest absolute Gasteiger partial charge is 0.351 e. The number of nitrogens with zero attached hydrogens (tertiary/aromatic N) is 1. The third-order valence-corrected chi connectivity index (χ3v) is 5.31. The summed E-state index contributed by atoms with van der Waals surface area (Å²) in [6, 6.07) is 5.95. The van der Waals surface area contributed by atoms with Crippen LogP contribution in [0.3, 0.4) is 0 Å². The van der Waals surface area contributed by atoms with Gasteiger partial charge in [0, 0.05) is 12.1 Å². The summed E-state index contributed by atoms with van der Waals surface area (Å²) in [7, 11) is -3.60. The molecule has 8 heteroatoms. The van der Waals surface area contributed by atoms with Gasteiger partial charge in [-0.3, -0.25) is 14.5 Å². The van der Waals surface area contributed by atoms with E-state index in [1.807, 2.05) is 6.26 Å². The minimum atomic E-state index is -3.60. The molecule has 1 aliphatic rings. The third kappa shape index (κ3) is 4.14. The summed E-state index contributed by atoms with van der Waals surface area (Å²) in [6.45, 7) is 3.91. The van der Waals surface area contributed by atoms with Crippen LogP contribution in [0, 0.1) is 0 Å². The minimum Gasteiger partial charge on any atom is -0.351 e. The Labute approximate surface area is 140 Å². The van der Waals surface area contributed by atoms with E-state index in [9.17, 15) is 13.2 Å². The Morgan fingerprint density at radius 3 is 2.91 bits per heavy atom. The van der Waals surface area contributed by atoms with Crippen LogP contribution >= 0.6 is 11.8 Å². The minimum absolute atomic E-state index is 0.189. The molecule has 1 amide bonds. The van der Waals surface area contributed by atoms with Crippen LogP contribution in [0.5, 0.6) is 0 Å². The molecule has 1 atom stereocenters. The second kappa shape index (κ2) is 7.65. The van der Waals surface area contributed by atoms with E-state index in [-0.39, 0.29) is 16.6 Å². The van der Waals surface area contributed by atoms with Crippen LogP contribution in [-0.4, -0.2) is 44.8 Å². The summed E-state index contributed by atoms with van der Waals surface area (Å²) >= 11 is 1.61. The van der Waals surface area contributed by atoms with E-state index in [2.05, 4.69) is 21.6 Å². The van der Waals surface area contributed by atoms with Crippen molar-refractivity contribution in [3.8, 4) is 0 Å². The van der Waals surface area contributed by atoms with Crippen molar-refractivity contribution in [1.29, 1.82) is 0 Å². The standard InChI is InChI=1S/C15H19N3O3S2/c1-3-9-16-15(19)12(8-10-22-2)17-14-11-6-4-5-7-13(11)23(20,21)18-14/h3-7,12H,1,8-10H2,2H3,(H,16,19)(H,17,18). The van der Waals surface area contributed by atoms with Gasteiger partial charge in [0.15, 0.2) is 0 Å². The average molecular weight is 353 g/mol. The maximum atomic E-state index is 12.2. The van der Waals surface area contributed by atoms with Crippen LogP contribution in [-0.2, 0) is 14.8 Å². The molecule has 23 heavy (non-hydrogen) atoms. The quantitative estimate of drug-likeness (QED) is 0.720. The first kappa shape index (κ1) is 17.6. The van der Waals surface area contributed by atoms with Gasteiger partial charge in [0.05, 0.1) is 4.90 Å². The number of carbonyl (C=O) groups excluding carboxylic acids is 1. The van der Waals surface area contributed by atoms with Crippen LogP contribution in [0.15, 0.2) is 46.8 Å². The zero-order chi connectivity index (χ0) is 16.9. The Bertz CT molecular complexity index is 729. The maximum Gasteiger partial charge on any atom is 0.263 e. The van der Waals surface area contributed by atoms with Gasteiger partial charge < -0.3 is 5.32 Å². The molecule has 6 nitrogen and oxygen atoms in total. The summed E-state index contributed by atoms with van der Waals surface area (Å²) in [4.78, 5) is 16.8. The molecule has 1 aliphatic heterocycles. The highest BCUT2D eigenvalue weighted by Gasteiger charge is 2.31. The van der Waals surface area contributed by atoms with Gasteiger partial charge in [0.25, 0.3) is 10.0 Å². The Kier molecular flexibility index (Phi) is 5.84. The summed E-state index contributed by atoms with van der Waals surface area (Å²) in [6.07, 6.45) is 4.06. The lowest BCUT2D eigenvalue weighted by Crippen LogP contribution is -2.36. The van der Waals surface area contributed by atoms with Crippen molar-refractivity contribution in [2.75, 3.05) is 18.6 Å². The van der Waals surface area contributed by atoms with E-state index in [4.69, 9.17) is 0 Å². The van der Waals surface area contributed by atoms with Crippen molar-refractivity contribution in [2.24, 2.45) is 4.99 Å². The zero-order valence-electron chi connectivity index (χ0n) is 12.8. The molecule has 1 aromatic rings. The third-order valence-electron chi connectivity index (χ3n) is 3.27. The zero-order valence-corrected chi connectivity index (χ0v) is 14.4. The van der Waals surface area contributed by atoms with E-state index >= 15 is 0 Å². The number of thioether (sulfide) groups is 1. The number of amides is 1. The number of benzene rings is 1. The first-order chi connectivity index (χ1) is 11.0. The predicted octanol–water partition coefficient (Wildman–Crippen LogP) is 1.15. The van der Waals surface area contributed by atoms with Gasteiger partial charge in [-0.15, -0.1) is 6.58 Å². The molecule has 0 aliphatic carbocycles. The highest BCUT2D eigenvalue weighted by atomic mass is 32.2. The highest BCUT2D eigenvalue weighted by molar-refractivity contribution is 7.98. The number of fused-ring (bicyclic) bond motifs is 1. The number of hydrogen-bond acceptors (Lipinski definition) is 5. The highest BCUT2D eigenvalue weighted by Crippen LogP contribution is 2.23.